The van der Waals surface area contributed by atoms with Crippen LogP contribution in [0.4, 0.5) is 0 Å². The number of esters is 1. The Kier molecular flexibility index (Phi) is 5.32. The fraction of sp³-hybridized carbons (Fsp3) is 0.300. The first-order valence-corrected chi connectivity index (χ1v) is 7.73. The zero-order valence-corrected chi connectivity index (χ0v) is 13.8. The van der Waals surface area contributed by atoms with Crippen LogP contribution < -0.4 is 0 Å². The normalized spacial score (nSPS) is 12.5. The summed E-state index contributed by atoms with van der Waals surface area (Å²) in [5.41, 5.74) is 0.843. The Morgan fingerprint density at radius 1 is 0.913 bits per heavy atom. The van der Waals surface area contributed by atoms with Crippen molar-refractivity contribution in [3.8, 4) is 0 Å². The van der Waals surface area contributed by atoms with Crippen LogP contribution in [0.1, 0.15) is 36.7 Å². The smallest absolute Gasteiger partial charge is 0.317 e. The molecule has 3 nitrogen and oxygen atoms in total. The molecule has 23 heavy (non-hydrogen) atoms. The van der Waals surface area contributed by atoms with Crippen molar-refractivity contribution in [3.63, 3.8) is 0 Å². The lowest BCUT2D eigenvalue weighted by atomic mass is 9.91. The standard InChI is InChI=1S/C20H22O3/c1-20(2,3)23-19(22)17(14-15-10-6-4-7-11-15)18(21)16-12-8-5-9-13-16/h4-13,17H,14H2,1-3H3/t17-/m1/s1. The van der Waals surface area contributed by atoms with Crippen molar-refractivity contribution in [2.45, 2.75) is 32.8 Å². The maximum Gasteiger partial charge on any atom is 0.317 e. The number of Topliss-reactive ketones (excluding diaryl/α,β-unsaturated/α-hetero) is 1. The van der Waals surface area contributed by atoms with Gasteiger partial charge in [-0.1, -0.05) is 60.7 Å². The summed E-state index contributed by atoms with van der Waals surface area (Å²) in [6.07, 6.45) is 0.337. The lowest BCUT2D eigenvalue weighted by molar-refractivity contribution is -0.158. The fourth-order valence-corrected chi connectivity index (χ4v) is 2.31. The second kappa shape index (κ2) is 7.23. The first-order chi connectivity index (χ1) is 10.9. The predicted octanol–water partition coefficient (Wildman–Crippen LogP) is 4.07. The van der Waals surface area contributed by atoms with Crippen LogP contribution in [0.3, 0.4) is 0 Å². The molecule has 0 N–H and O–H groups in total. The van der Waals surface area contributed by atoms with Crippen LogP contribution in [0.5, 0.6) is 0 Å². The van der Waals surface area contributed by atoms with Gasteiger partial charge in [-0.05, 0) is 32.8 Å². The van der Waals surface area contributed by atoms with Crippen LogP contribution in [0.2, 0.25) is 0 Å². The maximum absolute atomic E-state index is 12.8. The highest BCUT2D eigenvalue weighted by Crippen LogP contribution is 2.20. The molecule has 0 saturated carbocycles. The number of benzene rings is 2. The Morgan fingerprint density at radius 3 is 1.96 bits per heavy atom. The minimum absolute atomic E-state index is 0.205. The third-order valence-electron chi connectivity index (χ3n) is 3.35. The van der Waals surface area contributed by atoms with Crippen LogP contribution in [-0.4, -0.2) is 17.4 Å². The van der Waals surface area contributed by atoms with Crippen LogP contribution in [0, 0.1) is 5.92 Å². The van der Waals surface area contributed by atoms with Gasteiger partial charge in [0.1, 0.15) is 11.5 Å². The van der Waals surface area contributed by atoms with E-state index in [9.17, 15) is 9.59 Å². The largest absolute Gasteiger partial charge is 0.459 e. The predicted molar refractivity (Wildman–Crippen MR) is 90.3 cm³/mol. The molecular weight excluding hydrogens is 288 g/mol. The van der Waals surface area contributed by atoms with Crippen molar-refractivity contribution in [1.29, 1.82) is 0 Å². The number of ether oxygens (including phenoxy) is 1. The molecule has 120 valence electrons. The number of rotatable bonds is 5. The van der Waals surface area contributed by atoms with Gasteiger partial charge in [0.15, 0.2) is 5.78 Å². The van der Waals surface area contributed by atoms with Gasteiger partial charge in [-0.3, -0.25) is 9.59 Å². The lowest BCUT2D eigenvalue weighted by Gasteiger charge is -2.23. The van der Waals surface area contributed by atoms with Crippen molar-refractivity contribution < 1.29 is 14.3 Å². The molecule has 0 fully saturated rings. The van der Waals surface area contributed by atoms with Crippen LogP contribution in [0.25, 0.3) is 0 Å². The molecule has 0 saturated heterocycles. The number of carbonyl (C=O) groups is 2. The molecule has 2 rings (SSSR count). The Morgan fingerprint density at radius 2 is 1.43 bits per heavy atom. The summed E-state index contributed by atoms with van der Waals surface area (Å²) < 4.78 is 5.45. The maximum atomic E-state index is 12.8. The van der Waals surface area contributed by atoms with Crippen LogP contribution >= 0.6 is 0 Å². The number of hydrogen-bond donors (Lipinski definition) is 0. The van der Waals surface area contributed by atoms with Crippen molar-refractivity contribution in [2.24, 2.45) is 5.92 Å². The first-order valence-electron chi connectivity index (χ1n) is 7.73. The third-order valence-corrected chi connectivity index (χ3v) is 3.35. The molecule has 0 unspecified atom stereocenters. The summed E-state index contributed by atoms with van der Waals surface area (Å²) in [7, 11) is 0. The summed E-state index contributed by atoms with van der Waals surface area (Å²) in [5, 5.41) is 0. The highest BCUT2D eigenvalue weighted by Gasteiger charge is 2.31. The molecule has 3 heteroatoms. The zero-order valence-electron chi connectivity index (χ0n) is 13.8. The highest BCUT2D eigenvalue weighted by molar-refractivity contribution is 6.08. The van der Waals surface area contributed by atoms with Gasteiger partial charge < -0.3 is 4.74 Å². The van der Waals surface area contributed by atoms with Gasteiger partial charge in [0.05, 0.1) is 0 Å². The van der Waals surface area contributed by atoms with Gasteiger partial charge in [-0.25, -0.2) is 0 Å². The molecule has 2 aromatic carbocycles. The van der Waals surface area contributed by atoms with Crippen molar-refractivity contribution in [1.82, 2.24) is 0 Å². The Bertz CT molecular complexity index is 654. The van der Waals surface area contributed by atoms with Gasteiger partial charge >= 0.3 is 5.97 Å². The van der Waals surface area contributed by atoms with E-state index in [2.05, 4.69) is 0 Å². The van der Waals surface area contributed by atoms with Gasteiger partial charge in [0, 0.05) is 5.56 Å². The molecule has 0 radical (unpaired) electrons. The Labute approximate surface area is 137 Å². The minimum Gasteiger partial charge on any atom is -0.459 e. The topological polar surface area (TPSA) is 43.4 Å². The zero-order chi connectivity index (χ0) is 16.9. The number of hydrogen-bond acceptors (Lipinski definition) is 3. The van der Waals surface area contributed by atoms with E-state index in [4.69, 9.17) is 4.74 Å². The fourth-order valence-electron chi connectivity index (χ4n) is 2.31. The average molecular weight is 310 g/mol. The molecule has 1 atom stereocenters. The van der Waals surface area contributed by atoms with E-state index in [1.807, 2.05) is 36.4 Å². The highest BCUT2D eigenvalue weighted by atomic mass is 16.6. The van der Waals surface area contributed by atoms with E-state index < -0.39 is 17.5 Å². The van der Waals surface area contributed by atoms with Crippen molar-refractivity contribution in [2.75, 3.05) is 0 Å². The molecule has 0 aromatic heterocycles. The summed E-state index contributed by atoms with van der Waals surface area (Å²) in [4.78, 5) is 25.3. The quantitative estimate of drug-likeness (QED) is 0.475. The van der Waals surface area contributed by atoms with E-state index in [-0.39, 0.29) is 5.78 Å². The minimum atomic E-state index is -0.834. The molecule has 2 aromatic rings. The average Bonchev–Trinajstić information content (AvgIpc) is 2.52. The van der Waals surface area contributed by atoms with Gasteiger partial charge in [0.2, 0.25) is 0 Å². The molecular formula is C20H22O3. The molecule has 0 amide bonds. The molecule has 0 heterocycles. The van der Waals surface area contributed by atoms with Gasteiger partial charge in [-0.15, -0.1) is 0 Å². The third kappa shape index (κ3) is 5.06. The first kappa shape index (κ1) is 16.9. The number of ketones is 1. The van der Waals surface area contributed by atoms with E-state index in [1.165, 1.54) is 0 Å². The number of carbonyl (C=O) groups excluding carboxylic acids is 2. The van der Waals surface area contributed by atoms with E-state index in [1.54, 1.807) is 45.0 Å². The van der Waals surface area contributed by atoms with E-state index in [0.717, 1.165) is 5.56 Å². The second-order valence-corrected chi connectivity index (χ2v) is 6.51. The Hall–Kier alpha value is -2.42. The second-order valence-electron chi connectivity index (χ2n) is 6.51. The monoisotopic (exact) mass is 310 g/mol. The molecule has 0 aliphatic carbocycles. The molecule has 0 aliphatic heterocycles. The Balaban J connectivity index is 2.27. The molecule has 0 aliphatic rings. The van der Waals surface area contributed by atoms with Gasteiger partial charge in [-0.2, -0.15) is 0 Å². The summed E-state index contributed by atoms with van der Waals surface area (Å²) in [6.45, 7) is 5.41. The van der Waals surface area contributed by atoms with E-state index >= 15 is 0 Å². The molecule has 0 bridgehead atoms. The van der Waals surface area contributed by atoms with Gasteiger partial charge in [0.25, 0.3) is 0 Å². The summed E-state index contributed by atoms with van der Waals surface area (Å²) in [5.74, 6) is -1.52. The summed E-state index contributed by atoms with van der Waals surface area (Å²) in [6, 6.07) is 18.4. The SMILES string of the molecule is CC(C)(C)OC(=O)[C@H](Cc1ccccc1)C(=O)c1ccccc1. The lowest BCUT2D eigenvalue weighted by Crippen LogP contribution is -2.34. The van der Waals surface area contributed by atoms with Crippen LogP contribution in [0.15, 0.2) is 60.7 Å². The van der Waals surface area contributed by atoms with Crippen LogP contribution in [-0.2, 0) is 16.0 Å². The molecule has 0 spiro atoms. The summed E-state index contributed by atoms with van der Waals surface area (Å²) >= 11 is 0. The van der Waals surface area contributed by atoms with E-state index in [0.29, 0.717) is 12.0 Å². The van der Waals surface area contributed by atoms with Crippen molar-refractivity contribution in [3.05, 3.63) is 71.8 Å². The van der Waals surface area contributed by atoms with Crippen molar-refractivity contribution >= 4 is 11.8 Å².